The van der Waals surface area contributed by atoms with Crippen molar-refractivity contribution >= 4 is 46.1 Å². The molecule has 4 rings (SSSR count). The Hall–Kier alpha value is -2.93. The van der Waals surface area contributed by atoms with E-state index in [0.717, 1.165) is 44.1 Å². The van der Waals surface area contributed by atoms with E-state index in [9.17, 15) is 14.9 Å². The predicted molar refractivity (Wildman–Crippen MR) is 144 cm³/mol. The van der Waals surface area contributed by atoms with Gasteiger partial charge in [0.15, 0.2) is 0 Å². The van der Waals surface area contributed by atoms with Gasteiger partial charge in [-0.15, -0.1) is 0 Å². The number of thioether (sulfide) groups is 1. The molecule has 0 unspecified atom stereocenters. The SMILES string of the molecule is Cc1c(/C=C2\SC(=S)N(C(C)C)C2=O)c(N2CC[NH+](Cc3ccccc3)CC2)n(C)c(=O)c1C#N. The van der Waals surface area contributed by atoms with Gasteiger partial charge in [-0.25, -0.2) is 0 Å². The minimum absolute atomic E-state index is 0.0376. The minimum Gasteiger partial charge on any atom is -0.346 e. The van der Waals surface area contributed by atoms with Crippen LogP contribution in [0.25, 0.3) is 6.08 Å². The Labute approximate surface area is 215 Å². The van der Waals surface area contributed by atoms with Crippen LogP contribution in [-0.2, 0) is 18.4 Å². The fraction of sp³-hybridized carbons (Fsp3) is 0.385. The summed E-state index contributed by atoms with van der Waals surface area (Å²) in [6.07, 6.45) is 1.82. The normalized spacial score (nSPS) is 18.1. The molecule has 35 heavy (non-hydrogen) atoms. The van der Waals surface area contributed by atoms with Crippen molar-refractivity contribution in [3.63, 3.8) is 0 Å². The van der Waals surface area contributed by atoms with Crippen LogP contribution in [0.3, 0.4) is 0 Å². The molecule has 2 aliphatic rings. The van der Waals surface area contributed by atoms with Crippen molar-refractivity contribution in [3.05, 3.63) is 67.8 Å². The van der Waals surface area contributed by atoms with E-state index < -0.39 is 0 Å². The molecule has 0 saturated carbocycles. The first-order chi connectivity index (χ1) is 16.7. The lowest BCUT2D eigenvalue weighted by molar-refractivity contribution is -0.914. The molecule has 0 spiro atoms. The van der Waals surface area contributed by atoms with E-state index in [0.29, 0.717) is 14.8 Å². The third kappa shape index (κ3) is 4.92. The lowest BCUT2D eigenvalue weighted by atomic mass is 10.0. The fourth-order valence-corrected chi connectivity index (χ4v) is 6.25. The van der Waals surface area contributed by atoms with Crippen molar-refractivity contribution in [3.8, 4) is 6.07 Å². The van der Waals surface area contributed by atoms with Gasteiger partial charge in [0.25, 0.3) is 11.5 Å². The second kappa shape index (κ2) is 10.4. The molecule has 9 heteroatoms. The van der Waals surface area contributed by atoms with Gasteiger partial charge in [0, 0.05) is 24.2 Å². The Morgan fingerprint density at radius 1 is 1.20 bits per heavy atom. The zero-order valence-corrected chi connectivity index (χ0v) is 22.1. The number of amides is 1. The van der Waals surface area contributed by atoms with Gasteiger partial charge >= 0.3 is 0 Å². The van der Waals surface area contributed by atoms with Crippen molar-refractivity contribution in [1.29, 1.82) is 5.26 Å². The summed E-state index contributed by atoms with van der Waals surface area (Å²) in [5.74, 6) is 0.616. The average molecular weight is 509 g/mol. The number of carbonyl (C=O) groups excluding carboxylic acids is 1. The molecule has 1 aromatic heterocycles. The van der Waals surface area contributed by atoms with Gasteiger partial charge in [-0.2, -0.15) is 5.26 Å². The number of hydrogen-bond acceptors (Lipinski definition) is 6. The number of piperazine rings is 1. The summed E-state index contributed by atoms with van der Waals surface area (Å²) < 4.78 is 2.09. The molecule has 1 amide bonds. The molecule has 3 heterocycles. The second-order valence-electron chi connectivity index (χ2n) is 9.26. The maximum absolute atomic E-state index is 13.1. The number of nitrogens with one attached hydrogen (secondary N) is 1. The first-order valence-corrected chi connectivity index (χ1v) is 13.0. The highest BCUT2D eigenvalue weighted by atomic mass is 32.2. The molecule has 1 N–H and O–H groups in total. The van der Waals surface area contributed by atoms with Crippen LogP contribution in [0.15, 0.2) is 40.0 Å². The molecule has 0 radical (unpaired) electrons. The second-order valence-corrected chi connectivity index (χ2v) is 10.9. The summed E-state index contributed by atoms with van der Waals surface area (Å²) in [5, 5.41) is 9.69. The smallest absolute Gasteiger partial charge is 0.270 e. The lowest BCUT2D eigenvalue weighted by Gasteiger charge is -2.35. The van der Waals surface area contributed by atoms with Crippen LogP contribution in [0.5, 0.6) is 0 Å². The zero-order valence-electron chi connectivity index (χ0n) is 20.5. The minimum atomic E-state index is -0.314. The number of nitriles is 1. The number of rotatable bonds is 5. The maximum Gasteiger partial charge on any atom is 0.270 e. The Morgan fingerprint density at radius 3 is 2.43 bits per heavy atom. The molecule has 7 nitrogen and oxygen atoms in total. The molecule has 1 aromatic carbocycles. The van der Waals surface area contributed by atoms with Crippen LogP contribution in [-0.4, -0.2) is 51.9 Å². The number of aromatic nitrogens is 1. The molecule has 0 bridgehead atoms. The summed E-state index contributed by atoms with van der Waals surface area (Å²) >= 11 is 6.72. The van der Waals surface area contributed by atoms with E-state index in [-0.39, 0.29) is 23.1 Å². The summed E-state index contributed by atoms with van der Waals surface area (Å²) in [6, 6.07) is 12.5. The van der Waals surface area contributed by atoms with Crippen molar-refractivity contribution in [2.24, 2.45) is 7.05 Å². The topological polar surface area (TPSA) is 73.8 Å². The predicted octanol–water partition coefficient (Wildman–Crippen LogP) is 2.08. The molecular formula is C26H30N5O2S2+. The third-order valence-corrected chi connectivity index (χ3v) is 7.98. The van der Waals surface area contributed by atoms with E-state index in [4.69, 9.17) is 12.2 Å². The molecule has 0 atom stereocenters. The van der Waals surface area contributed by atoms with Gasteiger partial charge in [-0.1, -0.05) is 54.3 Å². The van der Waals surface area contributed by atoms with Gasteiger partial charge in [-0.05, 0) is 32.4 Å². The molecule has 2 aliphatic heterocycles. The Balaban J connectivity index is 1.69. The van der Waals surface area contributed by atoms with Gasteiger partial charge in [0.05, 0.1) is 31.1 Å². The van der Waals surface area contributed by atoms with Crippen LogP contribution in [0.2, 0.25) is 0 Å². The Bertz CT molecular complexity index is 1290. The molecule has 0 aliphatic carbocycles. The lowest BCUT2D eigenvalue weighted by Crippen LogP contribution is -3.13. The van der Waals surface area contributed by atoms with Gasteiger partial charge in [-0.3, -0.25) is 19.1 Å². The van der Waals surface area contributed by atoms with Crippen LogP contribution in [0.1, 0.15) is 36.1 Å². The van der Waals surface area contributed by atoms with Crippen molar-refractivity contribution in [2.45, 2.75) is 33.4 Å². The number of anilines is 1. The van der Waals surface area contributed by atoms with E-state index in [1.54, 1.807) is 23.4 Å². The van der Waals surface area contributed by atoms with Crippen LogP contribution in [0, 0.1) is 18.3 Å². The number of pyridine rings is 1. The number of benzene rings is 1. The van der Waals surface area contributed by atoms with Crippen LogP contribution < -0.4 is 15.4 Å². The summed E-state index contributed by atoms with van der Waals surface area (Å²) in [6.45, 7) is 10.0. The number of nitrogens with zero attached hydrogens (tertiary/aromatic N) is 4. The number of thiocarbonyl (C=S) groups is 1. The highest BCUT2D eigenvalue weighted by Crippen LogP contribution is 2.36. The van der Waals surface area contributed by atoms with E-state index in [1.165, 1.54) is 22.2 Å². The summed E-state index contributed by atoms with van der Waals surface area (Å²) in [7, 11) is 1.71. The third-order valence-electron chi connectivity index (χ3n) is 6.65. The molecule has 2 saturated heterocycles. The number of hydrogen-bond donors (Lipinski definition) is 1. The molecule has 182 valence electrons. The monoisotopic (exact) mass is 508 g/mol. The summed E-state index contributed by atoms with van der Waals surface area (Å²) in [5.41, 5.74) is 2.44. The molecule has 2 aromatic rings. The Kier molecular flexibility index (Phi) is 7.45. The summed E-state index contributed by atoms with van der Waals surface area (Å²) in [4.78, 5) is 31.9. The van der Waals surface area contributed by atoms with E-state index >= 15 is 0 Å². The van der Waals surface area contributed by atoms with Crippen molar-refractivity contribution in [1.82, 2.24) is 9.47 Å². The van der Waals surface area contributed by atoms with E-state index in [1.807, 2.05) is 26.0 Å². The quantitative estimate of drug-likeness (QED) is 0.493. The maximum atomic E-state index is 13.1. The average Bonchev–Trinajstić information content (AvgIpc) is 3.12. The van der Waals surface area contributed by atoms with Gasteiger partial charge < -0.3 is 9.80 Å². The molecule has 2 fully saturated rings. The van der Waals surface area contributed by atoms with Gasteiger partial charge in [0.1, 0.15) is 28.3 Å². The Morgan fingerprint density at radius 2 is 1.86 bits per heavy atom. The first kappa shape index (κ1) is 25.2. The fourth-order valence-electron chi connectivity index (χ4n) is 4.75. The van der Waals surface area contributed by atoms with E-state index in [2.05, 4.69) is 35.2 Å². The largest absolute Gasteiger partial charge is 0.346 e. The zero-order chi connectivity index (χ0) is 25.3. The van der Waals surface area contributed by atoms with Gasteiger partial charge in [0.2, 0.25) is 0 Å². The number of carbonyl (C=O) groups is 1. The van der Waals surface area contributed by atoms with Crippen LogP contribution in [0.4, 0.5) is 5.82 Å². The van der Waals surface area contributed by atoms with Crippen LogP contribution >= 0.6 is 24.0 Å². The first-order valence-electron chi connectivity index (χ1n) is 11.8. The molecular weight excluding hydrogens is 478 g/mol. The van der Waals surface area contributed by atoms with Crippen molar-refractivity contribution in [2.75, 3.05) is 31.1 Å². The highest BCUT2D eigenvalue weighted by molar-refractivity contribution is 8.26. The number of quaternary nitrogens is 1. The van der Waals surface area contributed by atoms with Crippen molar-refractivity contribution < 1.29 is 9.69 Å². The standard InChI is InChI=1S/C26H29N5O2S2/c1-17(2)31-25(33)22(35-26(31)34)14-20-18(3)21(15-27)24(32)28(4)23(20)30-12-10-29(11-13-30)16-19-8-6-5-7-9-19/h5-9,14,17H,10-13,16H2,1-4H3/p+1/b22-14-. The highest BCUT2D eigenvalue weighted by Gasteiger charge is 2.35.